The number of aliphatic hydroxyl groups is 1. The Morgan fingerprint density at radius 2 is 2.11 bits per heavy atom. The first-order valence-corrected chi connectivity index (χ1v) is 7.04. The van der Waals surface area contributed by atoms with Crippen molar-refractivity contribution in [2.24, 2.45) is 0 Å². The van der Waals surface area contributed by atoms with Crippen LogP contribution < -0.4 is 0 Å². The van der Waals surface area contributed by atoms with Gasteiger partial charge in [0.2, 0.25) is 0 Å². The Morgan fingerprint density at radius 1 is 1.32 bits per heavy atom. The maximum atomic E-state index is 10.2. The molecule has 0 saturated carbocycles. The molecule has 19 heavy (non-hydrogen) atoms. The van der Waals surface area contributed by atoms with Crippen LogP contribution >= 0.6 is 11.3 Å². The van der Waals surface area contributed by atoms with Crippen LogP contribution in [0, 0.1) is 13.8 Å². The van der Waals surface area contributed by atoms with Crippen LogP contribution in [0.1, 0.15) is 27.4 Å². The molecule has 2 aromatic heterocycles. The standard InChI is InChI=1S/C15H15NO2S/c1-9-10(2)19-15(16-9)8-12(17)14-7-11-5-3-4-6-13(11)18-14/h3-7,12,17H,8H2,1-2H3. The van der Waals surface area contributed by atoms with Gasteiger partial charge in [-0.05, 0) is 26.0 Å². The summed E-state index contributed by atoms with van der Waals surface area (Å²) in [5.41, 5.74) is 1.85. The minimum atomic E-state index is -0.641. The summed E-state index contributed by atoms with van der Waals surface area (Å²) in [4.78, 5) is 5.65. The highest BCUT2D eigenvalue weighted by atomic mass is 32.1. The van der Waals surface area contributed by atoms with Gasteiger partial charge < -0.3 is 9.52 Å². The molecule has 3 rings (SSSR count). The molecule has 1 aromatic carbocycles. The van der Waals surface area contributed by atoms with Gasteiger partial charge >= 0.3 is 0 Å². The fourth-order valence-corrected chi connectivity index (χ4v) is 3.03. The fourth-order valence-electron chi connectivity index (χ4n) is 2.06. The highest BCUT2D eigenvalue weighted by Crippen LogP contribution is 2.27. The van der Waals surface area contributed by atoms with Crippen molar-refractivity contribution in [3.63, 3.8) is 0 Å². The fraction of sp³-hybridized carbons (Fsp3) is 0.267. The zero-order valence-corrected chi connectivity index (χ0v) is 11.7. The van der Waals surface area contributed by atoms with Crippen LogP contribution in [0.4, 0.5) is 0 Å². The smallest absolute Gasteiger partial charge is 0.134 e. The highest BCUT2D eigenvalue weighted by Gasteiger charge is 2.16. The monoisotopic (exact) mass is 273 g/mol. The summed E-state index contributed by atoms with van der Waals surface area (Å²) in [6, 6.07) is 9.67. The average Bonchev–Trinajstić information content (AvgIpc) is 2.93. The van der Waals surface area contributed by atoms with Crippen molar-refractivity contribution in [1.82, 2.24) is 4.98 Å². The number of hydrogen-bond donors (Lipinski definition) is 1. The third kappa shape index (κ3) is 2.41. The van der Waals surface area contributed by atoms with E-state index in [-0.39, 0.29) is 0 Å². The van der Waals surface area contributed by atoms with E-state index in [1.54, 1.807) is 11.3 Å². The number of nitrogens with zero attached hydrogens (tertiary/aromatic N) is 1. The summed E-state index contributed by atoms with van der Waals surface area (Å²) in [6.07, 6.45) is -0.142. The molecule has 0 aliphatic carbocycles. The Bertz CT molecular complexity index is 661. The Hall–Kier alpha value is -1.65. The predicted octanol–water partition coefficient (Wildman–Crippen LogP) is 3.78. The first kappa shape index (κ1) is 12.4. The molecule has 1 unspecified atom stereocenters. The van der Waals surface area contributed by atoms with Crippen molar-refractivity contribution in [2.75, 3.05) is 0 Å². The molecule has 3 nitrogen and oxygen atoms in total. The lowest BCUT2D eigenvalue weighted by Gasteiger charge is -2.04. The van der Waals surface area contributed by atoms with Gasteiger partial charge in [0.25, 0.3) is 0 Å². The summed E-state index contributed by atoms with van der Waals surface area (Å²) in [5.74, 6) is 0.603. The van der Waals surface area contributed by atoms with E-state index in [2.05, 4.69) is 4.98 Å². The van der Waals surface area contributed by atoms with Gasteiger partial charge in [-0.2, -0.15) is 0 Å². The minimum absolute atomic E-state index is 0.499. The van der Waals surface area contributed by atoms with Crippen molar-refractivity contribution >= 4 is 22.3 Å². The van der Waals surface area contributed by atoms with Crippen molar-refractivity contribution in [2.45, 2.75) is 26.4 Å². The van der Waals surface area contributed by atoms with Crippen LogP contribution in [0.3, 0.4) is 0 Å². The predicted molar refractivity (Wildman–Crippen MR) is 76.5 cm³/mol. The van der Waals surface area contributed by atoms with Crippen molar-refractivity contribution in [1.29, 1.82) is 0 Å². The molecule has 3 aromatic rings. The molecule has 1 atom stereocenters. The van der Waals surface area contributed by atoms with Crippen LogP contribution in [-0.2, 0) is 6.42 Å². The molecule has 4 heteroatoms. The molecule has 0 saturated heterocycles. The number of fused-ring (bicyclic) bond motifs is 1. The number of furan rings is 1. The summed E-state index contributed by atoms with van der Waals surface area (Å²) in [5, 5.41) is 12.2. The van der Waals surface area contributed by atoms with Gasteiger partial charge in [-0.3, -0.25) is 0 Å². The molecule has 0 aliphatic heterocycles. The zero-order valence-electron chi connectivity index (χ0n) is 10.9. The number of aryl methyl sites for hydroxylation is 2. The van der Waals surface area contributed by atoms with E-state index in [4.69, 9.17) is 4.42 Å². The van der Waals surface area contributed by atoms with Crippen molar-refractivity contribution in [3.8, 4) is 0 Å². The topological polar surface area (TPSA) is 46.3 Å². The zero-order chi connectivity index (χ0) is 13.4. The van der Waals surface area contributed by atoms with Gasteiger partial charge in [0.1, 0.15) is 17.4 Å². The number of thiazole rings is 1. The number of benzene rings is 1. The molecule has 0 fully saturated rings. The Labute approximate surface area is 115 Å². The van der Waals surface area contributed by atoms with E-state index in [1.165, 1.54) is 4.88 Å². The highest BCUT2D eigenvalue weighted by molar-refractivity contribution is 7.11. The number of aliphatic hydroxyl groups excluding tert-OH is 1. The summed E-state index contributed by atoms with van der Waals surface area (Å²) in [7, 11) is 0. The van der Waals surface area contributed by atoms with Crippen LogP contribution in [0.15, 0.2) is 34.7 Å². The number of rotatable bonds is 3. The van der Waals surface area contributed by atoms with Crippen LogP contribution in [0.5, 0.6) is 0 Å². The minimum Gasteiger partial charge on any atom is -0.458 e. The lowest BCUT2D eigenvalue weighted by atomic mass is 10.2. The SMILES string of the molecule is Cc1nc(CC(O)c2cc3ccccc3o2)sc1C. The van der Waals surface area contributed by atoms with Gasteiger partial charge in [-0.15, -0.1) is 11.3 Å². The second kappa shape index (κ2) is 4.79. The van der Waals surface area contributed by atoms with E-state index < -0.39 is 6.10 Å². The molecule has 98 valence electrons. The van der Waals surface area contributed by atoms with E-state index in [9.17, 15) is 5.11 Å². The maximum Gasteiger partial charge on any atom is 0.134 e. The van der Waals surface area contributed by atoms with E-state index in [0.29, 0.717) is 12.2 Å². The average molecular weight is 273 g/mol. The second-order valence-electron chi connectivity index (χ2n) is 4.66. The van der Waals surface area contributed by atoms with E-state index in [0.717, 1.165) is 21.7 Å². The van der Waals surface area contributed by atoms with Crippen molar-refractivity contribution in [3.05, 3.63) is 51.7 Å². The lowest BCUT2D eigenvalue weighted by molar-refractivity contribution is 0.152. The summed E-state index contributed by atoms with van der Waals surface area (Å²) < 4.78 is 5.67. The first-order chi connectivity index (χ1) is 9.13. The van der Waals surface area contributed by atoms with Gasteiger partial charge in [-0.1, -0.05) is 18.2 Å². The van der Waals surface area contributed by atoms with Gasteiger partial charge in [0.15, 0.2) is 0 Å². The lowest BCUT2D eigenvalue weighted by Crippen LogP contribution is -1.99. The normalized spacial score (nSPS) is 13.0. The van der Waals surface area contributed by atoms with Gasteiger partial charge in [0, 0.05) is 16.7 Å². The van der Waals surface area contributed by atoms with Crippen molar-refractivity contribution < 1.29 is 9.52 Å². The molecular formula is C15H15NO2S. The molecule has 2 heterocycles. The molecule has 0 aliphatic rings. The largest absolute Gasteiger partial charge is 0.458 e. The molecule has 0 amide bonds. The quantitative estimate of drug-likeness (QED) is 0.790. The molecule has 0 bridgehead atoms. The van der Waals surface area contributed by atoms with Crippen LogP contribution in [0.25, 0.3) is 11.0 Å². The van der Waals surface area contributed by atoms with Crippen LogP contribution in [0.2, 0.25) is 0 Å². The summed E-state index contributed by atoms with van der Waals surface area (Å²) in [6.45, 7) is 4.03. The van der Waals surface area contributed by atoms with Crippen LogP contribution in [-0.4, -0.2) is 10.1 Å². The maximum absolute atomic E-state index is 10.2. The number of para-hydroxylation sites is 1. The Kier molecular flexibility index (Phi) is 3.12. The van der Waals surface area contributed by atoms with E-state index in [1.807, 2.05) is 44.2 Å². The Morgan fingerprint density at radius 3 is 2.79 bits per heavy atom. The molecule has 0 spiro atoms. The van der Waals surface area contributed by atoms with E-state index >= 15 is 0 Å². The molecule has 0 radical (unpaired) electrons. The van der Waals surface area contributed by atoms with Gasteiger partial charge in [0.05, 0.1) is 10.7 Å². The number of hydrogen-bond acceptors (Lipinski definition) is 4. The van der Waals surface area contributed by atoms with Gasteiger partial charge in [-0.25, -0.2) is 4.98 Å². The summed E-state index contributed by atoms with van der Waals surface area (Å²) >= 11 is 1.63. The Balaban J connectivity index is 1.85. The molecule has 1 N–H and O–H groups in total. The third-order valence-corrected chi connectivity index (χ3v) is 4.31. The number of aromatic nitrogens is 1. The molecular weight excluding hydrogens is 258 g/mol. The third-order valence-electron chi connectivity index (χ3n) is 3.21. The first-order valence-electron chi connectivity index (χ1n) is 6.23. The second-order valence-corrected chi connectivity index (χ2v) is 5.94.